The lowest BCUT2D eigenvalue weighted by Gasteiger charge is -2.40. The van der Waals surface area contributed by atoms with Crippen molar-refractivity contribution in [1.82, 2.24) is 0 Å². The van der Waals surface area contributed by atoms with Gasteiger partial charge in [-0.3, -0.25) is 5.73 Å². The first kappa shape index (κ1) is 10.7. The number of hydrogen-bond donors (Lipinski definition) is 1. The first-order valence-electron chi connectivity index (χ1n) is 6.66. The predicted molar refractivity (Wildman–Crippen MR) is 64.2 cm³/mol. The number of hydrogen-bond acceptors (Lipinski definition) is 3. The fourth-order valence-corrected chi connectivity index (χ4v) is 4.27. The first-order valence-corrected chi connectivity index (χ1v) is 6.66. The molecule has 0 aromatic heterocycles. The standard InChI is InChI=1S/C13H22N2O/c1-2-3-10-8-12(5-4-11(10)9-12)13(14)15-6-7-16-13/h6,10-11H,2-5,7-9,14H2,1H3/t10?,11-,12-,13?/m1/s1. The van der Waals surface area contributed by atoms with E-state index in [4.69, 9.17) is 10.5 Å². The molecular formula is C13H22N2O. The molecule has 3 rings (SSSR count). The van der Waals surface area contributed by atoms with Crippen LogP contribution in [-0.4, -0.2) is 18.7 Å². The minimum atomic E-state index is -0.690. The van der Waals surface area contributed by atoms with Gasteiger partial charge in [-0.05, 0) is 37.5 Å². The molecule has 16 heavy (non-hydrogen) atoms. The number of nitrogens with two attached hydrogens (primary N) is 1. The molecule has 3 aliphatic rings. The lowest BCUT2D eigenvalue weighted by molar-refractivity contribution is -0.100. The van der Waals surface area contributed by atoms with Gasteiger partial charge >= 0.3 is 0 Å². The van der Waals surface area contributed by atoms with Gasteiger partial charge in [-0.2, -0.15) is 0 Å². The number of fused-ring (bicyclic) bond motifs is 2. The molecule has 2 saturated carbocycles. The summed E-state index contributed by atoms with van der Waals surface area (Å²) in [4.78, 5) is 4.44. The molecule has 2 bridgehead atoms. The zero-order valence-corrected chi connectivity index (χ0v) is 10.1. The van der Waals surface area contributed by atoms with Crippen LogP contribution in [0.15, 0.2) is 4.99 Å². The molecule has 0 aromatic rings. The summed E-state index contributed by atoms with van der Waals surface area (Å²) < 4.78 is 5.73. The van der Waals surface area contributed by atoms with Gasteiger partial charge in [0.05, 0.1) is 6.61 Å². The third-order valence-corrected chi connectivity index (χ3v) is 5.05. The highest BCUT2D eigenvalue weighted by atomic mass is 16.5. The van der Waals surface area contributed by atoms with Gasteiger partial charge in [-0.25, -0.2) is 4.99 Å². The molecule has 2 fully saturated rings. The van der Waals surface area contributed by atoms with Gasteiger partial charge in [0.1, 0.15) is 0 Å². The number of ether oxygens (including phenoxy) is 1. The van der Waals surface area contributed by atoms with E-state index < -0.39 is 5.85 Å². The van der Waals surface area contributed by atoms with E-state index in [2.05, 4.69) is 11.9 Å². The molecular weight excluding hydrogens is 200 g/mol. The molecule has 1 heterocycles. The van der Waals surface area contributed by atoms with Crippen LogP contribution in [-0.2, 0) is 4.74 Å². The zero-order valence-electron chi connectivity index (χ0n) is 10.1. The molecule has 90 valence electrons. The minimum absolute atomic E-state index is 0.157. The monoisotopic (exact) mass is 222 g/mol. The Bertz CT molecular complexity index is 317. The summed E-state index contributed by atoms with van der Waals surface area (Å²) in [6, 6.07) is 0. The highest BCUT2D eigenvalue weighted by molar-refractivity contribution is 5.61. The van der Waals surface area contributed by atoms with Gasteiger partial charge in [-0.1, -0.05) is 19.8 Å². The Hall–Kier alpha value is -0.410. The van der Waals surface area contributed by atoms with E-state index in [1.54, 1.807) is 0 Å². The van der Waals surface area contributed by atoms with Gasteiger partial charge in [0.2, 0.25) is 5.85 Å². The molecule has 0 spiro atoms. The maximum absolute atomic E-state index is 6.37. The van der Waals surface area contributed by atoms with Crippen LogP contribution in [0.2, 0.25) is 0 Å². The average Bonchev–Trinajstić information content (AvgIpc) is 2.93. The van der Waals surface area contributed by atoms with Gasteiger partial charge in [0.15, 0.2) is 0 Å². The largest absolute Gasteiger partial charge is 0.335 e. The maximum atomic E-state index is 6.37. The molecule has 2 unspecified atom stereocenters. The SMILES string of the molecule is CCCC1C[C@]2(C3(N)N=CCO3)CC[C@@H]1C2. The van der Waals surface area contributed by atoms with Crippen LogP contribution >= 0.6 is 0 Å². The van der Waals surface area contributed by atoms with E-state index in [0.29, 0.717) is 6.61 Å². The van der Waals surface area contributed by atoms with Crippen molar-refractivity contribution < 1.29 is 4.74 Å². The quantitative estimate of drug-likeness (QED) is 0.796. The van der Waals surface area contributed by atoms with Crippen LogP contribution in [0.25, 0.3) is 0 Å². The van der Waals surface area contributed by atoms with Crippen molar-refractivity contribution >= 4 is 6.21 Å². The molecule has 2 N–H and O–H groups in total. The van der Waals surface area contributed by atoms with Crippen molar-refractivity contribution in [2.75, 3.05) is 6.61 Å². The normalized spacial score (nSPS) is 50.4. The highest BCUT2D eigenvalue weighted by Crippen LogP contribution is 2.62. The van der Waals surface area contributed by atoms with Crippen molar-refractivity contribution in [2.45, 2.75) is 51.3 Å². The first-order chi connectivity index (χ1) is 7.69. The topological polar surface area (TPSA) is 47.6 Å². The zero-order chi connectivity index (χ0) is 11.2. The van der Waals surface area contributed by atoms with Gasteiger partial charge in [0.25, 0.3) is 0 Å². The Morgan fingerprint density at radius 2 is 2.38 bits per heavy atom. The smallest absolute Gasteiger partial charge is 0.218 e. The van der Waals surface area contributed by atoms with Crippen molar-refractivity contribution in [1.29, 1.82) is 0 Å². The van der Waals surface area contributed by atoms with Crippen LogP contribution in [0.4, 0.5) is 0 Å². The third-order valence-electron chi connectivity index (χ3n) is 5.05. The molecule has 3 nitrogen and oxygen atoms in total. The molecule has 3 heteroatoms. The summed E-state index contributed by atoms with van der Waals surface area (Å²) in [6.45, 7) is 2.88. The van der Waals surface area contributed by atoms with E-state index in [9.17, 15) is 0 Å². The van der Waals surface area contributed by atoms with Crippen molar-refractivity contribution in [3.05, 3.63) is 0 Å². The average molecular weight is 222 g/mol. The highest BCUT2D eigenvalue weighted by Gasteiger charge is 2.61. The van der Waals surface area contributed by atoms with E-state index in [0.717, 1.165) is 11.8 Å². The molecule has 1 aliphatic heterocycles. The van der Waals surface area contributed by atoms with Crippen LogP contribution in [0, 0.1) is 17.3 Å². The van der Waals surface area contributed by atoms with E-state index in [-0.39, 0.29) is 5.41 Å². The molecule has 0 amide bonds. The molecule has 2 aliphatic carbocycles. The Balaban J connectivity index is 1.82. The van der Waals surface area contributed by atoms with Crippen LogP contribution < -0.4 is 5.73 Å². The fraction of sp³-hybridized carbons (Fsp3) is 0.923. The number of aliphatic imine (C=N–C) groups is 1. The van der Waals surface area contributed by atoms with E-state index >= 15 is 0 Å². The van der Waals surface area contributed by atoms with Gasteiger partial charge < -0.3 is 4.74 Å². The summed E-state index contributed by atoms with van der Waals surface area (Å²) in [7, 11) is 0. The lowest BCUT2D eigenvalue weighted by atomic mass is 9.75. The summed E-state index contributed by atoms with van der Waals surface area (Å²) in [5, 5.41) is 0. The fourth-order valence-electron chi connectivity index (χ4n) is 4.27. The van der Waals surface area contributed by atoms with Crippen LogP contribution in [0.3, 0.4) is 0 Å². The number of nitrogens with zero attached hydrogens (tertiary/aromatic N) is 1. The molecule has 0 saturated heterocycles. The summed E-state index contributed by atoms with van der Waals surface area (Å²) in [5.74, 6) is 1.07. The number of rotatable bonds is 3. The van der Waals surface area contributed by atoms with Gasteiger partial charge in [0, 0.05) is 11.6 Å². The summed E-state index contributed by atoms with van der Waals surface area (Å²) >= 11 is 0. The van der Waals surface area contributed by atoms with Crippen molar-refractivity contribution in [3.63, 3.8) is 0 Å². The second-order valence-electron chi connectivity index (χ2n) is 5.86. The summed E-state index contributed by atoms with van der Waals surface area (Å²) in [5.41, 5.74) is 6.53. The Kier molecular flexibility index (Phi) is 2.37. The van der Waals surface area contributed by atoms with Crippen molar-refractivity contribution in [3.8, 4) is 0 Å². The van der Waals surface area contributed by atoms with E-state index in [1.807, 2.05) is 6.21 Å². The second-order valence-corrected chi connectivity index (χ2v) is 5.86. The van der Waals surface area contributed by atoms with Crippen LogP contribution in [0.1, 0.15) is 45.4 Å². The Morgan fingerprint density at radius 3 is 3.06 bits per heavy atom. The Labute approximate surface area is 97.4 Å². The van der Waals surface area contributed by atoms with Crippen molar-refractivity contribution in [2.24, 2.45) is 28.0 Å². The minimum Gasteiger partial charge on any atom is -0.335 e. The van der Waals surface area contributed by atoms with Crippen LogP contribution in [0.5, 0.6) is 0 Å². The lowest BCUT2D eigenvalue weighted by Crippen LogP contribution is -2.52. The molecule has 0 aromatic carbocycles. The molecule has 4 atom stereocenters. The van der Waals surface area contributed by atoms with E-state index in [1.165, 1.54) is 38.5 Å². The van der Waals surface area contributed by atoms with Gasteiger partial charge in [-0.15, -0.1) is 0 Å². The predicted octanol–water partition coefficient (Wildman–Crippen LogP) is 2.31. The Morgan fingerprint density at radius 1 is 1.50 bits per heavy atom. The second kappa shape index (κ2) is 3.54. The maximum Gasteiger partial charge on any atom is 0.218 e. The summed E-state index contributed by atoms with van der Waals surface area (Å²) in [6.07, 6.45) is 9.51. The molecule has 0 radical (unpaired) electrons. The third kappa shape index (κ3) is 1.31.